The number of carbonyl (C=O) groups is 2. The lowest BCUT2D eigenvalue weighted by molar-refractivity contribution is -0.123. The molecule has 7 nitrogen and oxygen atoms in total. The van der Waals surface area contributed by atoms with E-state index in [9.17, 15) is 9.59 Å². The molecule has 2 heterocycles. The predicted molar refractivity (Wildman–Crippen MR) is 124 cm³/mol. The van der Waals surface area contributed by atoms with E-state index in [2.05, 4.69) is 10.2 Å². The van der Waals surface area contributed by atoms with Crippen molar-refractivity contribution >= 4 is 22.8 Å². The highest BCUT2D eigenvalue weighted by Gasteiger charge is 2.24. The molecule has 1 unspecified atom stereocenters. The summed E-state index contributed by atoms with van der Waals surface area (Å²) in [5, 5.41) is 3.86. The van der Waals surface area contributed by atoms with Crippen LogP contribution in [0, 0.1) is 5.92 Å². The van der Waals surface area contributed by atoms with Gasteiger partial charge in [-0.15, -0.1) is 0 Å². The van der Waals surface area contributed by atoms with E-state index < -0.39 is 0 Å². The number of fused-ring (bicyclic) bond motifs is 1. The van der Waals surface area contributed by atoms with E-state index in [1.54, 1.807) is 13.2 Å². The van der Waals surface area contributed by atoms with Crippen molar-refractivity contribution in [2.75, 3.05) is 33.3 Å². The molecule has 1 fully saturated rings. The van der Waals surface area contributed by atoms with Crippen LogP contribution in [-0.2, 0) is 4.79 Å². The van der Waals surface area contributed by atoms with E-state index in [0.717, 1.165) is 48.9 Å². The number of likely N-dealkylation sites (tertiary alicyclic amines) is 1. The van der Waals surface area contributed by atoms with Gasteiger partial charge in [0.05, 0.1) is 13.0 Å². The average Bonchev–Trinajstić information content (AvgIpc) is 3.21. The van der Waals surface area contributed by atoms with Crippen LogP contribution in [0.5, 0.6) is 5.75 Å². The Balaban J connectivity index is 1.45. The highest BCUT2D eigenvalue weighted by atomic mass is 16.5. The summed E-state index contributed by atoms with van der Waals surface area (Å²) in [7, 11) is 1.60. The Hall–Kier alpha value is -3.32. The summed E-state index contributed by atoms with van der Waals surface area (Å²) in [5.74, 6) is 0.435. The number of methoxy groups -OCH3 is 1. The third-order valence-corrected chi connectivity index (χ3v) is 6.01. The first-order chi connectivity index (χ1) is 15.6. The number of hydrogen-bond acceptors (Lipinski definition) is 5. The molecule has 168 valence electrons. The largest absolute Gasteiger partial charge is 0.497 e. The molecule has 32 heavy (non-hydrogen) atoms. The SMILES string of the molecule is COc1ccc2c(-c3ccccc3)c(C(=O)NCCCN3CCCC(C(N)=O)C3)oc2c1. The quantitative estimate of drug-likeness (QED) is 0.529. The van der Waals surface area contributed by atoms with Crippen LogP contribution in [0.25, 0.3) is 22.1 Å². The second-order valence-corrected chi connectivity index (χ2v) is 8.19. The number of piperidine rings is 1. The van der Waals surface area contributed by atoms with E-state index in [-0.39, 0.29) is 17.7 Å². The first-order valence-corrected chi connectivity index (χ1v) is 11.0. The lowest BCUT2D eigenvalue weighted by Gasteiger charge is -2.31. The van der Waals surface area contributed by atoms with Gasteiger partial charge in [-0.1, -0.05) is 30.3 Å². The summed E-state index contributed by atoms with van der Waals surface area (Å²) in [5.41, 5.74) is 7.77. The lowest BCUT2D eigenvalue weighted by atomic mass is 9.97. The van der Waals surface area contributed by atoms with Crippen LogP contribution in [0.3, 0.4) is 0 Å². The highest BCUT2D eigenvalue weighted by Crippen LogP contribution is 2.36. The molecule has 0 aliphatic carbocycles. The topological polar surface area (TPSA) is 97.8 Å². The summed E-state index contributed by atoms with van der Waals surface area (Å²) < 4.78 is 11.3. The predicted octanol–water partition coefficient (Wildman–Crippen LogP) is 3.43. The number of carbonyl (C=O) groups excluding carboxylic acids is 2. The average molecular weight is 436 g/mol. The number of benzene rings is 2. The zero-order valence-corrected chi connectivity index (χ0v) is 18.3. The van der Waals surface area contributed by atoms with E-state index in [0.29, 0.717) is 30.2 Å². The normalized spacial score (nSPS) is 16.7. The minimum absolute atomic E-state index is 0.0701. The van der Waals surface area contributed by atoms with E-state index in [1.807, 2.05) is 42.5 Å². The maximum absolute atomic E-state index is 13.0. The molecule has 7 heteroatoms. The van der Waals surface area contributed by atoms with Gasteiger partial charge in [-0.2, -0.15) is 0 Å². The second-order valence-electron chi connectivity index (χ2n) is 8.19. The Kier molecular flexibility index (Phi) is 6.75. The molecule has 1 saturated heterocycles. The van der Waals surface area contributed by atoms with Crippen LogP contribution in [-0.4, -0.2) is 50.0 Å². The number of primary amides is 1. The molecule has 4 rings (SSSR count). The maximum atomic E-state index is 13.0. The molecule has 2 amide bonds. The number of amides is 2. The number of ether oxygens (including phenoxy) is 1. The van der Waals surface area contributed by atoms with Gasteiger partial charge in [0, 0.05) is 30.1 Å². The zero-order chi connectivity index (χ0) is 22.5. The standard InChI is InChI=1S/C25H29N3O4/c1-31-19-10-11-20-21(15-19)32-23(22(20)17-7-3-2-4-8-17)25(30)27-12-6-14-28-13-5-9-18(16-28)24(26)29/h2-4,7-8,10-11,15,18H,5-6,9,12-14,16H2,1H3,(H2,26,29)(H,27,30). The monoisotopic (exact) mass is 435 g/mol. The van der Waals surface area contributed by atoms with Gasteiger partial charge in [-0.3, -0.25) is 9.59 Å². The first-order valence-electron chi connectivity index (χ1n) is 11.0. The molecule has 2 aromatic carbocycles. The van der Waals surface area contributed by atoms with Gasteiger partial charge in [0.2, 0.25) is 11.7 Å². The van der Waals surface area contributed by atoms with Gasteiger partial charge in [0.1, 0.15) is 11.3 Å². The summed E-state index contributed by atoms with van der Waals surface area (Å²) in [6, 6.07) is 15.3. The first kappa shape index (κ1) is 21.9. The van der Waals surface area contributed by atoms with Crippen molar-refractivity contribution in [1.82, 2.24) is 10.2 Å². The van der Waals surface area contributed by atoms with E-state index >= 15 is 0 Å². The van der Waals surface area contributed by atoms with Crippen LogP contribution in [0.4, 0.5) is 0 Å². The molecule has 0 bridgehead atoms. The Labute approximate surface area is 187 Å². The fourth-order valence-corrected chi connectivity index (χ4v) is 4.33. The number of hydrogen-bond donors (Lipinski definition) is 2. The molecular weight excluding hydrogens is 406 g/mol. The fourth-order valence-electron chi connectivity index (χ4n) is 4.33. The zero-order valence-electron chi connectivity index (χ0n) is 18.3. The minimum atomic E-state index is -0.243. The third kappa shape index (κ3) is 4.78. The molecular formula is C25H29N3O4. The molecule has 1 aliphatic rings. The summed E-state index contributed by atoms with van der Waals surface area (Å²) in [4.78, 5) is 26.7. The molecule has 3 N–H and O–H groups in total. The number of rotatable bonds is 8. The number of nitrogens with one attached hydrogen (secondary N) is 1. The van der Waals surface area contributed by atoms with Gasteiger partial charge in [0.15, 0.2) is 0 Å². The molecule has 0 radical (unpaired) electrons. The van der Waals surface area contributed by atoms with Crippen molar-refractivity contribution in [3.05, 3.63) is 54.3 Å². The van der Waals surface area contributed by atoms with E-state index in [4.69, 9.17) is 14.9 Å². The summed E-state index contributed by atoms with van der Waals surface area (Å²) in [6.45, 7) is 2.99. The van der Waals surface area contributed by atoms with Gasteiger partial charge in [-0.25, -0.2) is 0 Å². The van der Waals surface area contributed by atoms with Crippen LogP contribution < -0.4 is 15.8 Å². The molecule has 1 atom stereocenters. The second kappa shape index (κ2) is 9.87. The van der Waals surface area contributed by atoms with Crippen molar-refractivity contribution in [2.45, 2.75) is 19.3 Å². The Morgan fingerprint density at radius 2 is 2.03 bits per heavy atom. The lowest BCUT2D eigenvalue weighted by Crippen LogP contribution is -2.42. The van der Waals surface area contributed by atoms with Gasteiger partial charge in [0.25, 0.3) is 5.91 Å². The van der Waals surface area contributed by atoms with Gasteiger partial charge < -0.3 is 25.1 Å². The Morgan fingerprint density at radius 3 is 2.78 bits per heavy atom. The van der Waals surface area contributed by atoms with Crippen molar-refractivity contribution in [1.29, 1.82) is 0 Å². The molecule has 1 aromatic heterocycles. The van der Waals surface area contributed by atoms with Crippen molar-refractivity contribution in [3.63, 3.8) is 0 Å². The van der Waals surface area contributed by atoms with Crippen molar-refractivity contribution < 1.29 is 18.7 Å². The minimum Gasteiger partial charge on any atom is -0.497 e. The van der Waals surface area contributed by atoms with Gasteiger partial charge in [-0.05, 0) is 50.0 Å². The van der Waals surface area contributed by atoms with Crippen molar-refractivity contribution in [3.8, 4) is 16.9 Å². The van der Waals surface area contributed by atoms with Gasteiger partial charge >= 0.3 is 0 Å². The smallest absolute Gasteiger partial charge is 0.287 e. The van der Waals surface area contributed by atoms with Crippen molar-refractivity contribution in [2.24, 2.45) is 11.7 Å². The van der Waals surface area contributed by atoms with Crippen LogP contribution >= 0.6 is 0 Å². The Morgan fingerprint density at radius 1 is 1.22 bits per heavy atom. The molecule has 1 aliphatic heterocycles. The number of nitrogens with two attached hydrogens (primary N) is 1. The molecule has 3 aromatic rings. The highest BCUT2D eigenvalue weighted by molar-refractivity contribution is 6.08. The van der Waals surface area contributed by atoms with Crippen LogP contribution in [0.2, 0.25) is 0 Å². The summed E-state index contributed by atoms with van der Waals surface area (Å²) in [6.07, 6.45) is 2.62. The maximum Gasteiger partial charge on any atom is 0.287 e. The van der Waals surface area contributed by atoms with Crippen LogP contribution in [0.15, 0.2) is 52.9 Å². The third-order valence-electron chi connectivity index (χ3n) is 6.01. The number of nitrogens with zero attached hydrogens (tertiary/aromatic N) is 1. The molecule has 0 spiro atoms. The molecule has 0 saturated carbocycles. The van der Waals surface area contributed by atoms with Crippen LogP contribution in [0.1, 0.15) is 29.8 Å². The fraction of sp³-hybridized carbons (Fsp3) is 0.360. The summed E-state index contributed by atoms with van der Waals surface area (Å²) >= 11 is 0. The number of furan rings is 1. The van der Waals surface area contributed by atoms with E-state index in [1.165, 1.54) is 0 Å². The Bertz CT molecular complexity index is 1090.